The first-order chi connectivity index (χ1) is 10.1. The molecule has 1 atom stereocenters. The SMILES string of the molecule is Cc1ccccc1Cc1noc(C2NCCCC2(C)C)n1. The van der Waals surface area contributed by atoms with E-state index in [1.807, 2.05) is 0 Å². The number of aromatic nitrogens is 2. The summed E-state index contributed by atoms with van der Waals surface area (Å²) in [6, 6.07) is 8.49. The van der Waals surface area contributed by atoms with Crippen LogP contribution in [-0.2, 0) is 6.42 Å². The van der Waals surface area contributed by atoms with E-state index in [9.17, 15) is 0 Å². The molecule has 112 valence electrons. The van der Waals surface area contributed by atoms with Crippen molar-refractivity contribution in [2.45, 2.75) is 46.1 Å². The Morgan fingerprint density at radius 3 is 2.90 bits per heavy atom. The molecule has 0 radical (unpaired) electrons. The van der Waals surface area contributed by atoms with Crippen molar-refractivity contribution < 1.29 is 4.52 Å². The molecular weight excluding hydrogens is 262 g/mol. The number of rotatable bonds is 3. The molecule has 0 amide bonds. The van der Waals surface area contributed by atoms with E-state index in [-0.39, 0.29) is 11.5 Å². The van der Waals surface area contributed by atoms with Crippen molar-refractivity contribution in [3.8, 4) is 0 Å². The third-order valence-corrected chi connectivity index (χ3v) is 4.47. The Morgan fingerprint density at radius 2 is 2.14 bits per heavy atom. The summed E-state index contributed by atoms with van der Waals surface area (Å²) in [5.74, 6) is 1.49. The predicted octanol–water partition coefficient (Wildman–Crippen LogP) is 3.42. The standard InChI is InChI=1S/C17H23N3O/c1-12-7-4-5-8-13(12)11-14-19-16(21-20-14)15-17(2,3)9-6-10-18-15/h4-5,7-8,15,18H,6,9-11H2,1-3H3. The second-order valence-corrected chi connectivity index (χ2v) is 6.63. The van der Waals surface area contributed by atoms with Gasteiger partial charge in [0.1, 0.15) is 0 Å². The minimum absolute atomic E-state index is 0.157. The van der Waals surface area contributed by atoms with Crippen LogP contribution in [0.5, 0.6) is 0 Å². The lowest BCUT2D eigenvalue weighted by atomic mass is 9.77. The smallest absolute Gasteiger partial charge is 0.244 e. The second kappa shape index (κ2) is 5.60. The first-order valence-corrected chi connectivity index (χ1v) is 7.67. The number of piperidine rings is 1. The minimum atomic E-state index is 0.157. The van der Waals surface area contributed by atoms with E-state index in [1.165, 1.54) is 24.0 Å². The van der Waals surface area contributed by atoms with Gasteiger partial charge in [0.15, 0.2) is 5.82 Å². The maximum absolute atomic E-state index is 5.53. The zero-order valence-corrected chi connectivity index (χ0v) is 13.0. The zero-order chi connectivity index (χ0) is 14.9. The van der Waals surface area contributed by atoms with Crippen LogP contribution in [0.1, 0.15) is 55.6 Å². The number of nitrogens with zero attached hydrogens (tertiary/aromatic N) is 2. The van der Waals surface area contributed by atoms with Crippen LogP contribution < -0.4 is 5.32 Å². The Bertz CT molecular complexity index is 618. The Morgan fingerprint density at radius 1 is 1.33 bits per heavy atom. The van der Waals surface area contributed by atoms with E-state index in [0.717, 1.165) is 24.7 Å². The van der Waals surface area contributed by atoms with Crippen LogP contribution in [-0.4, -0.2) is 16.7 Å². The molecule has 21 heavy (non-hydrogen) atoms. The van der Waals surface area contributed by atoms with Crippen LogP contribution in [0, 0.1) is 12.3 Å². The molecule has 0 spiro atoms. The molecule has 2 heterocycles. The molecule has 4 heteroatoms. The normalized spacial score (nSPS) is 21.4. The molecule has 0 saturated carbocycles. The second-order valence-electron chi connectivity index (χ2n) is 6.63. The van der Waals surface area contributed by atoms with Gasteiger partial charge >= 0.3 is 0 Å². The van der Waals surface area contributed by atoms with E-state index in [0.29, 0.717) is 0 Å². The zero-order valence-electron chi connectivity index (χ0n) is 13.0. The monoisotopic (exact) mass is 285 g/mol. The molecule has 1 fully saturated rings. The van der Waals surface area contributed by atoms with Gasteiger partial charge in [0, 0.05) is 6.42 Å². The maximum Gasteiger partial charge on any atom is 0.244 e. The predicted molar refractivity (Wildman–Crippen MR) is 82.0 cm³/mol. The molecular formula is C17H23N3O. The van der Waals surface area contributed by atoms with Crippen molar-refractivity contribution >= 4 is 0 Å². The summed E-state index contributed by atoms with van der Waals surface area (Å²) in [7, 11) is 0. The van der Waals surface area contributed by atoms with E-state index >= 15 is 0 Å². The molecule has 1 unspecified atom stereocenters. The van der Waals surface area contributed by atoms with Gasteiger partial charge in [-0.1, -0.05) is 43.3 Å². The van der Waals surface area contributed by atoms with Crippen molar-refractivity contribution in [2.24, 2.45) is 5.41 Å². The third-order valence-electron chi connectivity index (χ3n) is 4.47. The first-order valence-electron chi connectivity index (χ1n) is 7.67. The Kier molecular flexibility index (Phi) is 3.81. The van der Waals surface area contributed by atoms with Crippen LogP contribution in [0.2, 0.25) is 0 Å². The van der Waals surface area contributed by atoms with Crippen molar-refractivity contribution in [2.75, 3.05) is 6.54 Å². The van der Waals surface area contributed by atoms with Crippen molar-refractivity contribution in [1.29, 1.82) is 0 Å². The highest BCUT2D eigenvalue weighted by molar-refractivity contribution is 5.28. The minimum Gasteiger partial charge on any atom is -0.338 e. The topological polar surface area (TPSA) is 51.0 Å². The van der Waals surface area contributed by atoms with E-state index < -0.39 is 0 Å². The number of nitrogens with one attached hydrogen (secondary N) is 1. The number of aryl methyl sites for hydroxylation is 1. The summed E-state index contributed by atoms with van der Waals surface area (Å²) in [6.07, 6.45) is 3.11. The van der Waals surface area contributed by atoms with Crippen LogP contribution in [0.15, 0.2) is 28.8 Å². The summed E-state index contributed by atoms with van der Waals surface area (Å²) in [5.41, 5.74) is 2.67. The van der Waals surface area contributed by atoms with E-state index in [2.05, 4.69) is 60.5 Å². The highest BCUT2D eigenvalue weighted by Gasteiger charge is 2.36. The van der Waals surface area contributed by atoms with Gasteiger partial charge in [-0.3, -0.25) is 0 Å². The molecule has 1 aromatic carbocycles. The summed E-state index contributed by atoms with van der Waals surface area (Å²) in [4.78, 5) is 4.63. The summed E-state index contributed by atoms with van der Waals surface area (Å²) in [6.45, 7) is 7.65. The molecule has 1 aromatic heterocycles. The molecule has 0 aliphatic carbocycles. The van der Waals surface area contributed by atoms with Gasteiger partial charge in [-0.15, -0.1) is 0 Å². The average molecular weight is 285 g/mol. The lowest BCUT2D eigenvalue weighted by molar-refractivity contribution is 0.146. The fourth-order valence-corrected chi connectivity index (χ4v) is 3.07. The van der Waals surface area contributed by atoms with Gasteiger partial charge in [0.2, 0.25) is 5.89 Å². The molecule has 1 saturated heterocycles. The van der Waals surface area contributed by atoms with Gasteiger partial charge in [-0.25, -0.2) is 0 Å². The van der Waals surface area contributed by atoms with Gasteiger partial charge in [0.25, 0.3) is 0 Å². The Hall–Kier alpha value is -1.68. The third kappa shape index (κ3) is 3.00. The molecule has 1 N–H and O–H groups in total. The maximum atomic E-state index is 5.53. The molecule has 3 rings (SSSR count). The van der Waals surface area contributed by atoms with Crippen molar-refractivity contribution in [3.05, 3.63) is 47.1 Å². The molecule has 2 aromatic rings. The molecule has 4 nitrogen and oxygen atoms in total. The van der Waals surface area contributed by atoms with Gasteiger partial charge < -0.3 is 9.84 Å². The van der Waals surface area contributed by atoms with Crippen LogP contribution in [0.4, 0.5) is 0 Å². The molecule has 1 aliphatic heterocycles. The summed E-state index contributed by atoms with van der Waals surface area (Å²) in [5, 5.41) is 7.69. The van der Waals surface area contributed by atoms with Gasteiger partial charge in [-0.05, 0) is 42.9 Å². The number of hydrogen-bond donors (Lipinski definition) is 1. The van der Waals surface area contributed by atoms with Gasteiger partial charge in [-0.2, -0.15) is 4.98 Å². The summed E-state index contributed by atoms with van der Waals surface area (Å²) < 4.78 is 5.53. The highest BCUT2D eigenvalue weighted by atomic mass is 16.5. The fraction of sp³-hybridized carbons (Fsp3) is 0.529. The Labute approximate surface area is 126 Å². The van der Waals surface area contributed by atoms with E-state index in [1.54, 1.807) is 0 Å². The highest BCUT2D eigenvalue weighted by Crippen LogP contribution is 2.39. The quantitative estimate of drug-likeness (QED) is 0.939. The van der Waals surface area contributed by atoms with Crippen LogP contribution >= 0.6 is 0 Å². The van der Waals surface area contributed by atoms with Crippen molar-refractivity contribution in [1.82, 2.24) is 15.5 Å². The average Bonchev–Trinajstić information content (AvgIpc) is 2.89. The largest absolute Gasteiger partial charge is 0.338 e. The van der Waals surface area contributed by atoms with E-state index in [4.69, 9.17) is 4.52 Å². The molecule has 1 aliphatic rings. The molecule has 0 bridgehead atoms. The van der Waals surface area contributed by atoms with Crippen LogP contribution in [0.25, 0.3) is 0 Å². The van der Waals surface area contributed by atoms with Crippen LogP contribution in [0.3, 0.4) is 0 Å². The lowest BCUT2D eigenvalue weighted by Crippen LogP contribution is -2.39. The first kappa shape index (κ1) is 14.3. The van der Waals surface area contributed by atoms with Crippen molar-refractivity contribution in [3.63, 3.8) is 0 Å². The summed E-state index contributed by atoms with van der Waals surface area (Å²) >= 11 is 0. The fourth-order valence-electron chi connectivity index (χ4n) is 3.07. The Balaban J connectivity index is 1.79. The lowest BCUT2D eigenvalue weighted by Gasteiger charge is -2.36. The number of benzene rings is 1. The van der Waals surface area contributed by atoms with Gasteiger partial charge in [0.05, 0.1) is 6.04 Å². The number of hydrogen-bond acceptors (Lipinski definition) is 4.